The topological polar surface area (TPSA) is 41.1 Å². The van der Waals surface area contributed by atoms with Crippen LogP contribution < -0.4 is 10.6 Å². The number of carbonyl (C=O) groups is 1. The molecule has 1 heterocycles. The molecule has 1 saturated heterocycles. The summed E-state index contributed by atoms with van der Waals surface area (Å²) in [6, 6.07) is 6.21. The first kappa shape index (κ1) is 11.1. The average Bonchev–Trinajstić information content (AvgIpc) is 2.70. The van der Waals surface area contributed by atoms with Gasteiger partial charge in [0.2, 0.25) is 0 Å². The number of carbonyl (C=O) groups excluding carboxylic acids is 1. The van der Waals surface area contributed by atoms with E-state index in [0.717, 1.165) is 30.6 Å². The smallest absolute Gasteiger partial charge is 0.251 e. The van der Waals surface area contributed by atoms with Crippen LogP contribution in [0.1, 0.15) is 27.9 Å². The molecule has 1 aliphatic heterocycles. The molecule has 1 atom stereocenters. The van der Waals surface area contributed by atoms with E-state index in [0.29, 0.717) is 0 Å². The zero-order chi connectivity index (χ0) is 11.5. The fraction of sp³-hybridized carbons (Fsp3) is 0.462. The average molecular weight is 218 g/mol. The number of rotatable bonds is 2. The van der Waals surface area contributed by atoms with Crippen LogP contribution in [0.3, 0.4) is 0 Å². The second-order valence-electron chi connectivity index (χ2n) is 4.48. The van der Waals surface area contributed by atoms with E-state index in [1.807, 2.05) is 32.0 Å². The molecule has 0 spiro atoms. The van der Waals surface area contributed by atoms with E-state index in [2.05, 4.69) is 10.6 Å². The van der Waals surface area contributed by atoms with E-state index < -0.39 is 0 Å². The maximum atomic E-state index is 12.0. The molecule has 0 unspecified atom stereocenters. The largest absolute Gasteiger partial charge is 0.348 e. The summed E-state index contributed by atoms with van der Waals surface area (Å²) in [5.74, 6) is 0.0474. The van der Waals surface area contributed by atoms with Gasteiger partial charge in [0.05, 0.1) is 0 Å². The third-order valence-corrected chi connectivity index (χ3v) is 3.02. The van der Waals surface area contributed by atoms with Crippen LogP contribution in [0.4, 0.5) is 0 Å². The van der Waals surface area contributed by atoms with Gasteiger partial charge in [-0.1, -0.05) is 17.7 Å². The quantitative estimate of drug-likeness (QED) is 0.787. The lowest BCUT2D eigenvalue weighted by Crippen LogP contribution is -2.36. The van der Waals surface area contributed by atoms with Crippen LogP contribution in [0.25, 0.3) is 0 Å². The van der Waals surface area contributed by atoms with Crippen LogP contribution in [0.5, 0.6) is 0 Å². The molecule has 1 amide bonds. The molecule has 0 radical (unpaired) electrons. The number of nitrogens with one attached hydrogen (secondary N) is 2. The van der Waals surface area contributed by atoms with Crippen LogP contribution >= 0.6 is 0 Å². The van der Waals surface area contributed by atoms with Gasteiger partial charge in [0.15, 0.2) is 0 Å². The highest BCUT2D eigenvalue weighted by molar-refractivity contribution is 5.95. The number of aryl methyl sites for hydroxylation is 2. The van der Waals surface area contributed by atoms with Crippen molar-refractivity contribution in [2.45, 2.75) is 26.3 Å². The SMILES string of the molecule is Cc1ccc(C(=O)N[C@@H]2CCNC2)c(C)c1. The first-order valence-corrected chi connectivity index (χ1v) is 5.75. The van der Waals surface area contributed by atoms with Crippen molar-refractivity contribution in [3.63, 3.8) is 0 Å². The Morgan fingerprint density at radius 2 is 2.25 bits per heavy atom. The van der Waals surface area contributed by atoms with Crippen molar-refractivity contribution in [2.75, 3.05) is 13.1 Å². The Kier molecular flexibility index (Phi) is 3.25. The highest BCUT2D eigenvalue weighted by Gasteiger charge is 2.18. The van der Waals surface area contributed by atoms with Crippen LogP contribution in [-0.4, -0.2) is 25.0 Å². The minimum atomic E-state index is 0.0474. The molecule has 0 saturated carbocycles. The Morgan fingerprint density at radius 1 is 1.44 bits per heavy atom. The minimum absolute atomic E-state index is 0.0474. The van der Waals surface area contributed by atoms with E-state index >= 15 is 0 Å². The molecule has 0 aromatic heterocycles. The Morgan fingerprint density at radius 3 is 2.88 bits per heavy atom. The van der Waals surface area contributed by atoms with Gasteiger partial charge in [-0.2, -0.15) is 0 Å². The van der Waals surface area contributed by atoms with Crippen molar-refractivity contribution >= 4 is 5.91 Å². The van der Waals surface area contributed by atoms with Gasteiger partial charge in [-0.3, -0.25) is 4.79 Å². The van der Waals surface area contributed by atoms with Gasteiger partial charge in [-0.15, -0.1) is 0 Å². The maximum Gasteiger partial charge on any atom is 0.251 e. The molecule has 3 heteroatoms. The Bertz CT molecular complexity index is 395. The third kappa shape index (κ3) is 2.42. The van der Waals surface area contributed by atoms with Crippen LogP contribution in [0.15, 0.2) is 18.2 Å². The summed E-state index contributed by atoms with van der Waals surface area (Å²) in [6.45, 7) is 5.90. The molecule has 1 aromatic rings. The molecular weight excluding hydrogens is 200 g/mol. The van der Waals surface area contributed by atoms with Gasteiger partial charge in [0.1, 0.15) is 0 Å². The summed E-state index contributed by atoms with van der Waals surface area (Å²) in [5.41, 5.74) is 3.03. The predicted molar refractivity (Wildman–Crippen MR) is 64.7 cm³/mol. The van der Waals surface area contributed by atoms with Crippen molar-refractivity contribution in [2.24, 2.45) is 0 Å². The molecule has 86 valence electrons. The molecule has 16 heavy (non-hydrogen) atoms. The molecule has 3 nitrogen and oxygen atoms in total. The Labute approximate surface area is 96.2 Å². The van der Waals surface area contributed by atoms with Gasteiger partial charge in [-0.25, -0.2) is 0 Å². The zero-order valence-corrected chi connectivity index (χ0v) is 9.84. The standard InChI is InChI=1S/C13H18N2O/c1-9-3-4-12(10(2)7-9)13(16)15-11-5-6-14-8-11/h3-4,7,11,14H,5-6,8H2,1-2H3,(H,15,16)/t11-/m1/s1. The van der Waals surface area contributed by atoms with Gasteiger partial charge in [0, 0.05) is 18.2 Å². The normalized spacial score (nSPS) is 19.8. The molecule has 1 aromatic carbocycles. The second kappa shape index (κ2) is 4.66. The molecule has 1 aliphatic rings. The van der Waals surface area contributed by atoms with Crippen LogP contribution in [0.2, 0.25) is 0 Å². The number of hydrogen-bond acceptors (Lipinski definition) is 2. The second-order valence-corrected chi connectivity index (χ2v) is 4.48. The number of benzene rings is 1. The first-order valence-electron chi connectivity index (χ1n) is 5.75. The monoisotopic (exact) mass is 218 g/mol. The zero-order valence-electron chi connectivity index (χ0n) is 9.84. The van der Waals surface area contributed by atoms with Crippen molar-refractivity contribution in [1.82, 2.24) is 10.6 Å². The van der Waals surface area contributed by atoms with E-state index in [4.69, 9.17) is 0 Å². The van der Waals surface area contributed by atoms with E-state index in [9.17, 15) is 4.79 Å². The van der Waals surface area contributed by atoms with Gasteiger partial charge >= 0.3 is 0 Å². The number of hydrogen-bond donors (Lipinski definition) is 2. The van der Waals surface area contributed by atoms with E-state index in [-0.39, 0.29) is 11.9 Å². The Hall–Kier alpha value is -1.35. The lowest BCUT2D eigenvalue weighted by molar-refractivity contribution is 0.0939. The summed E-state index contributed by atoms with van der Waals surface area (Å²) in [4.78, 5) is 12.0. The van der Waals surface area contributed by atoms with Crippen molar-refractivity contribution < 1.29 is 4.79 Å². The summed E-state index contributed by atoms with van der Waals surface area (Å²) >= 11 is 0. The Balaban J connectivity index is 2.08. The molecule has 0 aliphatic carbocycles. The molecule has 0 bridgehead atoms. The highest BCUT2D eigenvalue weighted by atomic mass is 16.1. The lowest BCUT2D eigenvalue weighted by atomic mass is 10.0. The van der Waals surface area contributed by atoms with Crippen molar-refractivity contribution in [3.8, 4) is 0 Å². The molecule has 2 rings (SSSR count). The predicted octanol–water partition coefficient (Wildman–Crippen LogP) is 1.40. The molecule has 2 N–H and O–H groups in total. The van der Waals surface area contributed by atoms with Crippen molar-refractivity contribution in [3.05, 3.63) is 34.9 Å². The van der Waals surface area contributed by atoms with Crippen LogP contribution in [0, 0.1) is 13.8 Å². The van der Waals surface area contributed by atoms with Gasteiger partial charge in [0.25, 0.3) is 5.91 Å². The highest BCUT2D eigenvalue weighted by Crippen LogP contribution is 2.11. The summed E-state index contributed by atoms with van der Waals surface area (Å²) in [7, 11) is 0. The van der Waals surface area contributed by atoms with E-state index in [1.165, 1.54) is 5.56 Å². The lowest BCUT2D eigenvalue weighted by Gasteiger charge is -2.13. The van der Waals surface area contributed by atoms with E-state index in [1.54, 1.807) is 0 Å². The maximum absolute atomic E-state index is 12.0. The fourth-order valence-corrected chi connectivity index (χ4v) is 2.11. The number of amides is 1. The summed E-state index contributed by atoms with van der Waals surface area (Å²) < 4.78 is 0. The minimum Gasteiger partial charge on any atom is -0.348 e. The van der Waals surface area contributed by atoms with Crippen LogP contribution in [-0.2, 0) is 0 Å². The fourth-order valence-electron chi connectivity index (χ4n) is 2.11. The van der Waals surface area contributed by atoms with Crippen molar-refractivity contribution in [1.29, 1.82) is 0 Å². The molecular formula is C13H18N2O. The van der Waals surface area contributed by atoms with Gasteiger partial charge < -0.3 is 10.6 Å². The summed E-state index contributed by atoms with van der Waals surface area (Å²) in [5, 5.41) is 6.29. The summed E-state index contributed by atoms with van der Waals surface area (Å²) in [6.07, 6.45) is 1.02. The van der Waals surface area contributed by atoms with Gasteiger partial charge in [-0.05, 0) is 38.4 Å². The first-order chi connectivity index (χ1) is 7.66. The molecule has 1 fully saturated rings. The third-order valence-electron chi connectivity index (χ3n) is 3.02.